The van der Waals surface area contributed by atoms with E-state index in [9.17, 15) is 35.6 Å². The lowest BCUT2D eigenvalue weighted by Crippen LogP contribution is -2.36. The first-order valence-corrected chi connectivity index (χ1v) is 8.38. The molecule has 0 saturated carbocycles. The fraction of sp³-hybridized carbons (Fsp3) is 0.154. The third kappa shape index (κ3) is 3.91. The molecule has 2 aromatic rings. The van der Waals surface area contributed by atoms with E-state index in [0.29, 0.717) is 12.1 Å². The molecule has 0 atom stereocenters. The second-order valence-corrected chi connectivity index (χ2v) is 6.74. The van der Waals surface area contributed by atoms with Gasteiger partial charge in [0, 0.05) is 6.07 Å². The van der Waals surface area contributed by atoms with Crippen LogP contribution in [0.4, 0.5) is 23.2 Å². The smallest absolute Gasteiger partial charge is 0.303 e. The van der Waals surface area contributed by atoms with Crippen LogP contribution in [-0.2, 0) is 16.2 Å². The van der Waals surface area contributed by atoms with Gasteiger partial charge in [-0.3, -0.25) is 9.52 Å². The zero-order valence-corrected chi connectivity index (χ0v) is 13.5. The van der Waals surface area contributed by atoms with E-state index in [0.717, 1.165) is 6.26 Å². The first kappa shape index (κ1) is 19.2. The van der Waals surface area contributed by atoms with E-state index in [2.05, 4.69) is 0 Å². The lowest BCUT2D eigenvalue weighted by Gasteiger charge is -2.12. The van der Waals surface area contributed by atoms with E-state index in [1.165, 1.54) is 11.1 Å². The van der Waals surface area contributed by atoms with Crippen molar-refractivity contribution in [1.29, 1.82) is 5.26 Å². The number of H-pyrrole nitrogens is 1. The van der Waals surface area contributed by atoms with Crippen LogP contribution < -0.4 is 16.0 Å². The van der Waals surface area contributed by atoms with Crippen LogP contribution in [0.2, 0.25) is 0 Å². The summed E-state index contributed by atoms with van der Waals surface area (Å²) in [6.07, 6.45) is -4.28. The molecule has 13 heteroatoms. The van der Waals surface area contributed by atoms with Gasteiger partial charge < -0.3 is 4.98 Å². The first-order valence-electron chi connectivity index (χ1n) is 6.49. The summed E-state index contributed by atoms with van der Waals surface area (Å²) in [5, 5.41) is 8.92. The van der Waals surface area contributed by atoms with Crippen LogP contribution in [-0.4, -0.2) is 24.2 Å². The molecule has 0 unspecified atom stereocenters. The van der Waals surface area contributed by atoms with Crippen LogP contribution in [0.1, 0.15) is 11.3 Å². The summed E-state index contributed by atoms with van der Waals surface area (Å²) < 4.78 is 76.5. The van der Waals surface area contributed by atoms with Crippen LogP contribution >= 0.6 is 0 Å². The van der Waals surface area contributed by atoms with Crippen molar-refractivity contribution in [2.24, 2.45) is 0 Å². The van der Waals surface area contributed by atoms with E-state index in [4.69, 9.17) is 5.26 Å². The summed E-state index contributed by atoms with van der Waals surface area (Å²) in [5.41, 5.74) is -6.50. The highest BCUT2D eigenvalue weighted by Gasteiger charge is 2.33. The normalized spacial score (nSPS) is 11.8. The first-order chi connectivity index (χ1) is 11.8. The highest BCUT2D eigenvalue weighted by Crippen LogP contribution is 2.26. The Kier molecular flexibility index (Phi) is 4.65. The number of hydrogen-bond acceptors (Lipinski definition) is 5. The molecule has 0 saturated heterocycles. The molecular formula is C13H8F4N4O4S. The lowest BCUT2D eigenvalue weighted by atomic mass is 10.1. The highest BCUT2D eigenvalue weighted by atomic mass is 32.2. The number of benzene rings is 1. The average Bonchev–Trinajstić information content (AvgIpc) is 2.46. The Morgan fingerprint density at radius 3 is 2.31 bits per heavy atom. The van der Waals surface area contributed by atoms with Crippen LogP contribution in [0.5, 0.6) is 0 Å². The van der Waals surface area contributed by atoms with Gasteiger partial charge in [-0.05, 0) is 12.1 Å². The quantitative estimate of drug-likeness (QED) is 0.752. The fourth-order valence-electron chi connectivity index (χ4n) is 1.99. The van der Waals surface area contributed by atoms with Gasteiger partial charge in [0.15, 0.2) is 0 Å². The van der Waals surface area contributed by atoms with Gasteiger partial charge >= 0.3 is 11.9 Å². The molecule has 1 aromatic heterocycles. The van der Waals surface area contributed by atoms with Crippen molar-refractivity contribution >= 4 is 15.7 Å². The molecular weight excluding hydrogens is 384 g/mol. The summed E-state index contributed by atoms with van der Waals surface area (Å²) in [5.74, 6) is -1.30. The summed E-state index contributed by atoms with van der Waals surface area (Å²) in [7, 11) is -3.91. The Hall–Kier alpha value is -3.14. The number of anilines is 1. The number of nitrogens with zero attached hydrogens (tertiary/aromatic N) is 2. The Bertz CT molecular complexity index is 1110. The molecule has 2 N–H and O–H groups in total. The van der Waals surface area contributed by atoms with Crippen molar-refractivity contribution < 1.29 is 26.0 Å². The zero-order chi connectivity index (χ0) is 19.9. The molecule has 26 heavy (non-hydrogen) atoms. The number of aromatic amines is 1. The van der Waals surface area contributed by atoms with Crippen molar-refractivity contribution in [3.8, 4) is 11.8 Å². The number of rotatable bonds is 3. The average molecular weight is 392 g/mol. The Balaban J connectivity index is 2.78. The molecule has 138 valence electrons. The summed E-state index contributed by atoms with van der Waals surface area (Å²) in [6, 6.07) is 2.74. The van der Waals surface area contributed by atoms with Gasteiger partial charge in [-0.1, -0.05) is 0 Å². The minimum Gasteiger partial charge on any atom is -0.303 e. The number of nitriles is 1. The van der Waals surface area contributed by atoms with Crippen molar-refractivity contribution in [3.63, 3.8) is 0 Å². The Labute approximate surface area is 142 Å². The molecule has 2 rings (SSSR count). The van der Waals surface area contributed by atoms with Gasteiger partial charge in [0.2, 0.25) is 10.0 Å². The minimum absolute atomic E-state index is 0.0409. The third-order valence-electron chi connectivity index (χ3n) is 2.98. The predicted molar refractivity (Wildman–Crippen MR) is 80.8 cm³/mol. The largest absolute Gasteiger partial charge is 0.431 e. The molecule has 1 aromatic carbocycles. The van der Waals surface area contributed by atoms with Crippen molar-refractivity contribution in [1.82, 2.24) is 9.55 Å². The van der Waals surface area contributed by atoms with Crippen LogP contribution in [0.3, 0.4) is 0 Å². The summed E-state index contributed by atoms with van der Waals surface area (Å²) >= 11 is 0. The number of halogens is 4. The molecule has 0 fully saturated rings. The molecule has 0 spiro atoms. The van der Waals surface area contributed by atoms with E-state index in [1.54, 1.807) is 0 Å². The van der Waals surface area contributed by atoms with Crippen LogP contribution in [0, 0.1) is 17.1 Å². The zero-order valence-electron chi connectivity index (χ0n) is 12.7. The lowest BCUT2D eigenvalue weighted by molar-refractivity contribution is -0.141. The fourth-order valence-corrected chi connectivity index (χ4v) is 2.55. The second-order valence-electron chi connectivity index (χ2n) is 4.99. The molecule has 0 aliphatic heterocycles. The number of alkyl halides is 3. The van der Waals surface area contributed by atoms with Crippen molar-refractivity contribution in [3.05, 3.63) is 56.1 Å². The summed E-state index contributed by atoms with van der Waals surface area (Å²) in [4.78, 5) is 25.1. The second kappa shape index (κ2) is 6.30. The van der Waals surface area contributed by atoms with Gasteiger partial charge in [-0.15, -0.1) is 0 Å². The molecule has 0 amide bonds. The van der Waals surface area contributed by atoms with Crippen molar-refractivity contribution in [2.75, 3.05) is 11.0 Å². The predicted octanol–water partition coefficient (Wildman–Crippen LogP) is 0.927. The third-order valence-corrected chi connectivity index (χ3v) is 3.57. The highest BCUT2D eigenvalue weighted by molar-refractivity contribution is 7.92. The van der Waals surface area contributed by atoms with Crippen molar-refractivity contribution in [2.45, 2.75) is 6.18 Å². The molecule has 1 heterocycles. The topological polar surface area (TPSA) is 125 Å². The molecule has 8 nitrogen and oxygen atoms in total. The van der Waals surface area contributed by atoms with Gasteiger partial charge in [0.25, 0.3) is 5.56 Å². The summed E-state index contributed by atoms with van der Waals surface area (Å²) in [6.45, 7) is 0. The Morgan fingerprint density at radius 1 is 1.23 bits per heavy atom. The molecule has 0 radical (unpaired) electrons. The number of hydrogen-bond donors (Lipinski definition) is 2. The maximum absolute atomic E-state index is 14.2. The number of nitrogens with one attached hydrogen (secondary N) is 2. The minimum atomic E-state index is -5.01. The maximum atomic E-state index is 14.2. The van der Waals surface area contributed by atoms with Crippen LogP contribution in [0.25, 0.3) is 5.69 Å². The molecule has 0 aliphatic rings. The van der Waals surface area contributed by atoms with E-state index in [-0.39, 0.29) is 10.6 Å². The van der Waals surface area contributed by atoms with Gasteiger partial charge in [-0.2, -0.15) is 18.4 Å². The molecule has 0 aliphatic carbocycles. The molecule has 0 bridgehead atoms. The van der Waals surface area contributed by atoms with Gasteiger partial charge in [0.05, 0.1) is 23.2 Å². The van der Waals surface area contributed by atoms with E-state index >= 15 is 0 Å². The maximum Gasteiger partial charge on any atom is 0.431 e. The van der Waals surface area contributed by atoms with E-state index in [1.807, 2.05) is 4.72 Å². The Morgan fingerprint density at radius 2 is 1.85 bits per heavy atom. The van der Waals surface area contributed by atoms with Gasteiger partial charge in [-0.25, -0.2) is 22.2 Å². The number of sulfonamides is 1. The number of aromatic nitrogens is 2. The van der Waals surface area contributed by atoms with Gasteiger partial charge in [0.1, 0.15) is 17.6 Å². The SMILES string of the molecule is CS(=O)(=O)Nc1cc(-n2c(=O)cc(C(F)(F)F)[nH]c2=O)c(F)cc1C#N. The monoisotopic (exact) mass is 392 g/mol. The standard InChI is InChI=1S/C13H8F4N4O4S/c1-26(24,25)20-8-3-9(7(14)2-6(8)5-18)21-11(22)4-10(13(15,16)17)19-12(21)23/h2-4,20H,1H3,(H,19,23). The van der Waals surface area contributed by atoms with E-state index < -0.39 is 55.9 Å². The van der Waals surface area contributed by atoms with Crippen LogP contribution in [0.15, 0.2) is 27.8 Å².